The fraction of sp³-hybridized carbons (Fsp3) is 0.429. The van der Waals surface area contributed by atoms with Gasteiger partial charge >= 0.3 is 0 Å². The molecule has 0 bridgehead atoms. The van der Waals surface area contributed by atoms with Crippen molar-refractivity contribution in [1.29, 1.82) is 0 Å². The van der Waals surface area contributed by atoms with E-state index in [1.165, 1.54) is 11.1 Å². The molecule has 0 aliphatic rings. The van der Waals surface area contributed by atoms with Gasteiger partial charge in [-0.15, -0.1) is 0 Å². The van der Waals surface area contributed by atoms with Crippen LogP contribution in [0.25, 0.3) is 0 Å². The van der Waals surface area contributed by atoms with E-state index in [1.807, 2.05) is 42.5 Å². The highest BCUT2D eigenvalue weighted by Crippen LogP contribution is 2.19. The van der Waals surface area contributed by atoms with Crippen molar-refractivity contribution in [3.8, 4) is 0 Å². The first-order valence-electron chi connectivity index (χ1n) is 6.37. The average molecular weight is 244 g/mol. The van der Waals surface area contributed by atoms with Crippen LogP contribution >= 0.6 is 0 Å². The first-order valence-corrected chi connectivity index (χ1v) is 6.37. The van der Waals surface area contributed by atoms with Gasteiger partial charge in [0, 0.05) is 44.3 Å². The van der Waals surface area contributed by atoms with Crippen LogP contribution in [0, 0.1) is 0 Å². The minimum atomic E-state index is 0.0552. The van der Waals surface area contributed by atoms with E-state index in [-0.39, 0.29) is 6.04 Å². The van der Waals surface area contributed by atoms with Gasteiger partial charge in [0.2, 0.25) is 0 Å². The molecule has 0 saturated heterocycles. The maximum atomic E-state index is 6.27. The highest BCUT2D eigenvalue weighted by Gasteiger charge is 2.11. The number of nitrogens with zero attached hydrogens (tertiary/aromatic N) is 3. The number of aryl methyl sites for hydroxylation is 3. The molecule has 0 fully saturated rings. The third kappa shape index (κ3) is 2.76. The van der Waals surface area contributed by atoms with Crippen LogP contribution in [-0.4, -0.2) is 14.5 Å². The van der Waals surface area contributed by atoms with E-state index >= 15 is 0 Å². The predicted octanol–water partition coefficient (Wildman–Crippen LogP) is 2.01. The molecule has 2 N–H and O–H groups in total. The van der Waals surface area contributed by atoms with E-state index in [0.717, 1.165) is 25.1 Å². The van der Waals surface area contributed by atoms with E-state index in [1.54, 1.807) is 0 Å². The van der Waals surface area contributed by atoms with E-state index in [2.05, 4.69) is 16.9 Å². The van der Waals surface area contributed by atoms with E-state index in [0.29, 0.717) is 0 Å². The molecule has 0 saturated carbocycles. The molecule has 0 aromatic carbocycles. The van der Waals surface area contributed by atoms with Crippen LogP contribution in [0.5, 0.6) is 0 Å². The van der Waals surface area contributed by atoms with Gasteiger partial charge in [0.25, 0.3) is 0 Å². The minimum Gasteiger partial charge on any atom is -0.338 e. The van der Waals surface area contributed by atoms with Crippen LogP contribution in [0.1, 0.15) is 36.3 Å². The van der Waals surface area contributed by atoms with Gasteiger partial charge in [-0.05, 0) is 30.0 Å². The zero-order valence-corrected chi connectivity index (χ0v) is 11.0. The number of aromatic nitrogens is 3. The van der Waals surface area contributed by atoms with Gasteiger partial charge in [-0.25, -0.2) is 4.98 Å². The SMILES string of the molecule is CCc1cnccc1C(N)CCc1nccn1C. The van der Waals surface area contributed by atoms with Gasteiger partial charge in [0.15, 0.2) is 0 Å². The molecule has 2 heterocycles. The Kier molecular flexibility index (Phi) is 4.10. The number of hydrogen-bond donors (Lipinski definition) is 1. The summed E-state index contributed by atoms with van der Waals surface area (Å²) < 4.78 is 2.04. The maximum Gasteiger partial charge on any atom is 0.108 e. The Balaban J connectivity index is 2.03. The van der Waals surface area contributed by atoms with Crippen molar-refractivity contribution < 1.29 is 0 Å². The molecule has 4 nitrogen and oxygen atoms in total. The predicted molar refractivity (Wildman–Crippen MR) is 72.1 cm³/mol. The number of imidazole rings is 1. The lowest BCUT2D eigenvalue weighted by Crippen LogP contribution is -2.14. The smallest absolute Gasteiger partial charge is 0.108 e. The Bertz CT molecular complexity index is 504. The Hall–Kier alpha value is -1.68. The van der Waals surface area contributed by atoms with Crippen LogP contribution in [-0.2, 0) is 19.9 Å². The lowest BCUT2D eigenvalue weighted by atomic mass is 9.98. The summed E-state index contributed by atoms with van der Waals surface area (Å²) >= 11 is 0. The van der Waals surface area contributed by atoms with Crippen molar-refractivity contribution in [2.75, 3.05) is 0 Å². The first kappa shape index (κ1) is 12.8. The minimum absolute atomic E-state index is 0.0552. The number of nitrogens with two attached hydrogens (primary N) is 1. The third-order valence-corrected chi connectivity index (χ3v) is 3.32. The van der Waals surface area contributed by atoms with Crippen LogP contribution in [0.2, 0.25) is 0 Å². The van der Waals surface area contributed by atoms with Crippen molar-refractivity contribution in [3.63, 3.8) is 0 Å². The normalized spacial score (nSPS) is 12.6. The van der Waals surface area contributed by atoms with E-state index in [9.17, 15) is 0 Å². The summed E-state index contributed by atoms with van der Waals surface area (Å²) in [5.41, 5.74) is 8.72. The summed E-state index contributed by atoms with van der Waals surface area (Å²) in [5, 5.41) is 0. The topological polar surface area (TPSA) is 56.7 Å². The fourth-order valence-corrected chi connectivity index (χ4v) is 2.17. The number of hydrogen-bond acceptors (Lipinski definition) is 3. The zero-order valence-electron chi connectivity index (χ0n) is 11.0. The highest BCUT2D eigenvalue weighted by atomic mass is 15.0. The molecule has 1 atom stereocenters. The summed E-state index contributed by atoms with van der Waals surface area (Å²) in [6, 6.07) is 2.08. The van der Waals surface area contributed by atoms with Gasteiger partial charge in [-0.1, -0.05) is 6.92 Å². The highest BCUT2D eigenvalue weighted by molar-refractivity contribution is 5.26. The second-order valence-corrected chi connectivity index (χ2v) is 4.53. The Labute approximate surface area is 108 Å². The number of pyridine rings is 1. The molecule has 96 valence electrons. The van der Waals surface area contributed by atoms with Crippen LogP contribution in [0.4, 0.5) is 0 Å². The van der Waals surface area contributed by atoms with Crippen LogP contribution in [0.15, 0.2) is 30.9 Å². The monoisotopic (exact) mass is 244 g/mol. The molecule has 1 unspecified atom stereocenters. The fourth-order valence-electron chi connectivity index (χ4n) is 2.17. The molecule has 0 amide bonds. The lowest BCUT2D eigenvalue weighted by molar-refractivity contribution is 0.615. The summed E-state index contributed by atoms with van der Waals surface area (Å²) in [6.07, 6.45) is 10.3. The van der Waals surface area contributed by atoms with Gasteiger partial charge < -0.3 is 10.3 Å². The average Bonchev–Trinajstić information content (AvgIpc) is 2.81. The van der Waals surface area contributed by atoms with Crippen molar-refractivity contribution >= 4 is 0 Å². The molecule has 0 spiro atoms. The molecule has 0 aliphatic heterocycles. The van der Waals surface area contributed by atoms with E-state index in [4.69, 9.17) is 5.73 Å². The van der Waals surface area contributed by atoms with Gasteiger partial charge in [0.05, 0.1) is 0 Å². The third-order valence-electron chi connectivity index (χ3n) is 3.32. The molecule has 2 rings (SSSR count). The largest absolute Gasteiger partial charge is 0.338 e. The van der Waals surface area contributed by atoms with Crippen molar-refractivity contribution in [1.82, 2.24) is 14.5 Å². The lowest BCUT2D eigenvalue weighted by Gasteiger charge is -2.15. The summed E-state index contributed by atoms with van der Waals surface area (Å²) in [7, 11) is 2.01. The van der Waals surface area contributed by atoms with Gasteiger partial charge in [-0.2, -0.15) is 0 Å². The summed E-state index contributed by atoms with van der Waals surface area (Å²) in [5.74, 6) is 1.08. The second kappa shape index (κ2) is 5.78. The number of rotatable bonds is 5. The Morgan fingerprint density at radius 2 is 2.22 bits per heavy atom. The molecule has 4 heteroatoms. The van der Waals surface area contributed by atoms with E-state index < -0.39 is 0 Å². The summed E-state index contributed by atoms with van der Waals surface area (Å²) in [6.45, 7) is 2.13. The molecule has 0 radical (unpaired) electrons. The first-order chi connectivity index (χ1) is 8.72. The maximum absolute atomic E-state index is 6.27. The Morgan fingerprint density at radius 3 is 2.89 bits per heavy atom. The Morgan fingerprint density at radius 1 is 1.39 bits per heavy atom. The van der Waals surface area contributed by atoms with Crippen molar-refractivity contribution in [2.45, 2.75) is 32.2 Å². The summed E-state index contributed by atoms with van der Waals surface area (Å²) in [4.78, 5) is 8.47. The molecule has 18 heavy (non-hydrogen) atoms. The molecule has 2 aromatic rings. The quantitative estimate of drug-likeness (QED) is 0.875. The standard InChI is InChI=1S/C14H20N4/c1-3-11-10-16-7-6-12(11)13(15)4-5-14-17-8-9-18(14)2/h6-10,13H,3-5,15H2,1-2H3. The molecule has 0 aliphatic carbocycles. The van der Waals surface area contributed by atoms with Crippen LogP contribution < -0.4 is 5.73 Å². The van der Waals surface area contributed by atoms with Gasteiger partial charge in [-0.3, -0.25) is 4.98 Å². The molecular formula is C14H20N4. The van der Waals surface area contributed by atoms with Crippen molar-refractivity contribution in [2.24, 2.45) is 12.8 Å². The second-order valence-electron chi connectivity index (χ2n) is 4.53. The van der Waals surface area contributed by atoms with Gasteiger partial charge in [0.1, 0.15) is 5.82 Å². The zero-order chi connectivity index (χ0) is 13.0. The van der Waals surface area contributed by atoms with Crippen molar-refractivity contribution in [3.05, 3.63) is 47.8 Å². The molecular weight excluding hydrogens is 224 g/mol. The van der Waals surface area contributed by atoms with Crippen LogP contribution in [0.3, 0.4) is 0 Å². The molecule has 2 aromatic heterocycles.